The highest BCUT2D eigenvalue weighted by Gasteiger charge is 2.12. The van der Waals surface area contributed by atoms with Gasteiger partial charge in [-0.1, -0.05) is 6.07 Å². The summed E-state index contributed by atoms with van der Waals surface area (Å²) in [5.41, 5.74) is 1.58. The molecule has 0 saturated carbocycles. The average Bonchev–Trinajstić information content (AvgIpc) is 2.93. The van der Waals surface area contributed by atoms with Crippen LogP contribution >= 0.6 is 0 Å². The van der Waals surface area contributed by atoms with Gasteiger partial charge in [-0.3, -0.25) is 9.78 Å². The Morgan fingerprint density at radius 2 is 1.95 bits per heavy atom. The Bertz CT molecular complexity index is 653. The molecule has 0 fully saturated rings. The van der Waals surface area contributed by atoms with Crippen LogP contribution in [0.4, 0.5) is 5.69 Å². The number of anilines is 1. The number of carbonyl (C=O) groups is 1. The number of ether oxygens (including phenoxy) is 2. The molecule has 1 aromatic carbocycles. The van der Waals surface area contributed by atoms with Crippen molar-refractivity contribution in [2.45, 2.75) is 0 Å². The average molecular weight is 268 g/mol. The fraction of sp³-hybridized carbons (Fsp3) is 0.0667. The second kappa shape index (κ2) is 5.44. The van der Waals surface area contributed by atoms with Crippen molar-refractivity contribution in [3.63, 3.8) is 0 Å². The molecule has 20 heavy (non-hydrogen) atoms. The van der Waals surface area contributed by atoms with Crippen molar-refractivity contribution in [1.29, 1.82) is 0 Å². The number of hydrogen-bond donors (Lipinski definition) is 1. The highest BCUT2D eigenvalue weighted by molar-refractivity contribution is 6.01. The quantitative estimate of drug-likeness (QED) is 0.869. The van der Waals surface area contributed by atoms with Crippen molar-refractivity contribution in [2.75, 3.05) is 12.1 Å². The Kier molecular flexibility index (Phi) is 3.33. The van der Waals surface area contributed by atoms with E-state index >= 15 is 0 Å². The number of aromatic nitrogens is 1. The molecule has 1 aliphatic rings. The minimum atomic E-state index is -0.200. The first-order valence-corrected chi connectivity index (χ1v) is 6.10. The van der Waals surface area contributed by atoms with Crippen molar-refractivity contribution in [3.05, 3.63) is 54.4 Å². The molecule has 3 rings (SSSR count). The molecule has 0 aliphatic carbocycles. The lowest BCUT2D eigenvalue weighted by atomic mass is 10.2. The molecule has 0 bridgehead atoms. The van der Waals surface area contributed by atoms with Gasteiger partial charge >= 0.3 is 0 Å². The number of rotatable bonds is 3. The molecular weight excluding hydrogens is 256 g/mol. The van der Waals surface area contributed by atoms with Gasteiger partial charge in [0.1, 0.15) is 0 Å². The van der Waals surface area contributed by atoms with Crippen molar-refractivity contribution >= 4 is 17.7 Å². The molecule has 0 spiro atoms. The van der Waals surface area contributed by atoms with Crippen molar-refractivity contribution in [1.82, 2.24) is 4.98 Å². The summed E-state index contributed by atoms with van der Waals surface area (Å²) in [7, 11) is 0. The van der Waals surface area contributed by atoms with Crippen LogP contribution in [0.5, 0.6) is 11.5 Å². The van der Waals surface area contributed by atoms with E-state index in [1.54, 1.807) is 30.6 Å². The van der Waals surface area contributed by atoms with Crippen LogP contribution in [0.3, 0.4) is 0 Å². The van der Waals surface area contributed by atoms with E-state index in [1.165, 1.54) is 6.08 Å². The van der Waals surface area contributed by atoms with Gasteiger partial charge in [-0.15, -0.1) is 0 Å². The normalized spacial score (nSPS) is 12.6. The van der Waals surface area contributed by atoms with Crippen LogP contribution in [0.2, 0.25) is 0 Å². The minimum Gasteiger partial charge on any atom is -0.454 e. The number of nitrogens with one attached hydrogen (secondary N) is 1. The van der Waals surface area contributed by atoms with E-state index < -0.39 is 0 Å². The number of fused-ring (bicyclic) bond motifs is 1. The maximum Gasteiger partial charge on any atom is 0.248 e. The van der Waals surface area contributed by atoms with Crippen LogP contribution in [-0.2, 0) is 4.79 Å². The number of nitrogens with zero attached hydrogens (tertiary/aromatic N) is 1. The Morgan fingerprint density at radius 1 is 1.15 bits per heavy atom. The van der Waals surface area contributed by atoms with Crippen LogP contribution < -0.4 is 14.8 Å². The van der Waals surface area contributed by atoms with Crippen molar-refractivity contribution in [2.24, 2.45) is 0 Å². The number of amides is 1. The Balaban J connectivity index is 1.66. The molecule has 1 aromatic heterocycles. The first kappa shape index (κ1) is 12.2. The van der Waals surface area contributed by atoms with E-state index in [0.717, 1.165) is 11.3 Å². The number of carbonyl (C=O) groups excluding carboxylic acids is 1. The molecule has 5 heteroatoms. The fourth-order valence-corrected chi connectivity index (χ4v) is 1.81. The predicted octanol–water partition coefficient (Wildman–Crippen LogP) is 2.46. The monoisotopic (exact) mass is 268 g/mol. The molecule has 0 radical (unpaired) electrons. The second-order valence-corrected chi connectivity index (χ2v) is 4.17. The molecule has 1 aliphatic heterocycles. The third-order valence-electron chi connectivity index (χ3n) is 2.77. The lowest BCUT2D eigenvalue weighted by Crippen LogP contribution is -2.07. The standard InChI is InChI=1S/C15H12N2O3/c18-15(17-12-5-7-16-8-6-12)4-2-11-1-3-13-14(9-11)20-10-19-13/h1-9H,10H2,(H,16,17,18). The van der Waals surface area contributed by atoms with Gasteiger partial charge in [-0.25, -0.2) is 0 Å². The van der Waals surface area contributed by atoms with Gasteiger partial charge in [0.05, 0.1) is 0 Å². The lowest BCUT2D eigenvalue weighted by Gasteiger charge is -2.00. The van der Waals surface area contributed by atoms with Gasteiger partial charge in [0.2, 0.25) is 12.7 Å². The van der Waals surface area contributed by atoms with Crippen molar-refractivity contribution in [3.8, 4) is 11.5 Å². The van der Waals surface area contributed by atoms with Gasteiger partial charge in [0.15, 0.2) is 11.5 Å². The largest absolute Gasteiger partial charge is 0.454 e. The van der Waals surface area contributed by atoms with Gasteiger partial charge in [-0.2, -0.15) is 0 Å². The van der Waals surface area contributed by atoms with Gasteiger partial charge < -0.3 is 14.8 Å². The molecule has 1 N–H and O–H groups in total. The van der Waals surface area contributed by atoms with E-state index in [2.05, 4.69) is 10.3 Å². The van der Waals surface area contributed by atoms with Gasteiger partial charge in [-0.05, 0) is 35.9 Å². The summed E-state index contributed by atoms with van der Waals surface area (Å²) >= 11 is 0. The third-order valence-corrected chi connectivity index (χ3v) is 2.77. The Morgan fingerprint density at radius 3 is 2.80 bits per heavy atom. The van der Waals surface area contributed by atoms with E-state index in [1.807, 2.05) is 18.2 Å². The van der Waals surface area contributed by atoms with Crippen LogP contribution in [-0.4, -0.2) is 17.7 Å². The SMILES string of the molecule is O=C(C=Cc1ccc2c(c1)OCO2)Nc1ccncc1. The van der Waals surface area contributed by atoms with E-state index in [4.69, 9.17) is 9.47 Å². The zero-order valence-electron chi connectivity index (χ0n) is 10.6. The molecule has 2 heterocycles. The third kappa shape index (κ3) is 2.77. The summed E-state index contributed by atoms with van der Waals surface area (Å²) in [4.78, 5) is 15.6. The number of hydrogen-bond acceptors (Lipinski definition) is 4. The van der Waals surface area contributed by atoms with Crippen molar-refractivity contribution < 1.29 is 14.3 Å². The smallest absolute Gasteiger partial charge is 0.248 e. The summed E-state index contributed by atoms with van der Waals surface area (Å²) in [5.74, 6) is 1.22. The van der Waals surface area contributed by atoms with E-state index in [-0.39, 0.29) is 12.7 Å². The first-order valence-electron chi connectivity index (χ1n) is 6.10. The predicted molar refractivity (Wildman–Crippen MR) is 74.5 cm³/mol. The molecule has 0 unspecified atom stereocenters. The van der Waals surface area contributed by atoms with Gasteiger partial charge in [0.25, 0.3) is 0 Å². The number of benzene rings is 1. The molecule has 2 aromatic rings. The highest BCUT2D eigenvalue weighted by Crippen LogP contribution is 2.32. The van der Waals surface area contributed by atoms with E-state index in [9.17, 15) is 4.79 Å². The van der Waals surface area contributed by atoms with Crippen LogP contribution in [0, 0.1) is 0 Å². The summed E-state index contributed by atoms with van der Waals surface area (Å²) in [6, 6.07) is 8.98. The second-order valence-electron chi connectivity index (χ2n) is 4.17. The topological polar surface area (TPSA) is 60.5 Å². The molecule has 5 nitrogen and oxygen atoms in total. The minimum absolute atomic E-state index is 0.200. The van der Waals surface area contributed by atoms with E-state index in [0.29, 0.717) is 11.4 Å². The molecule has 1 amide bonds. The summed E-state index contributed by atoms with van der Waals surface area (Å²) in [6.07, 6.45) is 6.44. The summed E-state index contributed by atoms with van der Waals surface area (Å²) in [5, 5.41) is 2.74. The maximum atomic E-state index is 11.7. The van der Waals surface area contributed by atoms with Crippen LogP contribution in [0.15, 0.2) is 48.8 Å². The summed E-state index contributed by atoms with van der Waals surface area (Å²) in [6.45, 7) is 0.241. The van der Waals surface area contributed by atoms with Gasteiger partial charge in [0, 0.05) is 24.2 Å². The molecule has 0 atom stereocenters. The Labute approximate surface area is 115 Å². The highest BCUT2D eigenvalue weighted by atomic mass is 16.7. The summed E-state index contributed by atoms with van der Waals surface area (Å²) < 4.78 is 10.5. The lowest BCUT2D eigenvalue weighted by molar-refractivity contribution is -0.111. The number of pyridine rings is 1. The molecule has 0 saturated heterocycles. The van der Waals surface area contributed by atoms with Crippen LogP contribution in [0.1, 0.15) is 5.56 Å². The molecule has 100 valence electrons. The fourth-order valence-electron chi connectivity index (χ4n) is 1.81. The first-order chi connectivity index (χ1) is 9.81. The Hall–Kier alpha value is -2.82. The zero-order valence-corrected chi connectivity index (χ0v) is 10.6. The maximum absolute atomic E-state index is 11.7. The van der Waals surface area contributed by atoms with Crippen LogP contribution in [0.25, 0.3) is 6.08 Å². The zero-order chi connectivity index (χ0) is 13.8. The molecular formula is C15H12N2O3.